The normalized spacial score (nSPS) is 17.6. The molecule has 1 N–H and O–H groups in total. The molecule has 16 heavy (non-hydrogen) atoms. The van der Waals surface area contributed by atoms with Crippen LogP contribution >= 0.6 is 11.8 Å². The summed E-state index contributed by atoms with van der Waals surface area (Å²) in [6.45, 7) is 3.24. The third-order valence-corrected chi connectivity index (χ3v) is 4.23. The number of nitrogens with one attached hydrogen (secondary N) is 1. The predicted octanol–water partition coefficient (Wildman–Crippen LogP) is 2.42. The molecule has 1 aromatic rings. The van der Waals surface area contributed by atoms with Gasteiger partial charge in [-0.1, -0.05) is 0 Å². The zero-order valence-electron chi connectivity index (χ0n) is 9.91. The summed E-state index contributed by atoms with van der Waals surface area (Å²) in [6.07, 6.45) is 7.63. The van der Waals surface area contributed by atoms with Gasteiger partial charge in [-0.2, -0.15) is 11.8 Å². The second kappa shape index (κ2) is 6.26. The van der Waals surface area contributed by atoms with E-state index in [1.807, 2.05) is 12.4 Å². The van der Waals surface area contributed by atoms with Crippen molar-refractivity contribution >= 4 is 11.8 Å². The van der Waals surface area contributed by atoms with Crippen LogP contribution in [0.2, 0.25) is 0 Å². The molecule has 3 heteroatoms. The molecule has 2 nitrogen and oxygen atoms in total. The molecule has 1 aromatic heterocycles. The molecule has 0 spiro atoms. The molecule has 2 heterocycles. The molecular formula is C13H20N2S. The van der Waals surface area contributed by atoms with E-state index in [9.17, 15) is 0 Å². The number of rotatable bonds is 4. The van der Waals surface area contributed by atoms with Gasteiger partial charge in [0.2, 0.25) is 0 Å². The van der Waals surface area contributed by atoms with Crippen molar-refractivity contribution in [1.29, 1.82) is 0 Å². The minimum atomic E-state index is 0.753. The highest BCUT2D eigenvalue weighted by Gasteiger charge is 2.12. The van der Waals surface area contributed by atoms with Gasteiger partial charge >= 0.3 is 0 Å². The van der Waals surface area contributed by atoms with Gasteiger partial charge in [-0.15, -0.1) is 0 Å². The number of aromatic nitrogens is 1. The molecule has 0 unspecified atom stereocenters. The van der Waals surface area contributed by atoms with Crippen LogP contribution in [0.4, 0.5) is 0 Å². The summed E-state index contributed by atoms with van der Waals surface area (Å²) < 4.78 is 0. The van der Waals surface area contributed by atoms with Gasteiger partial charge in [-0.05, 0) is 61.4 Å². The molecule has 0 amide bonds. The summed E-state index contributed by atoms with van der Waals surface area (Å²) in [5.41, 5.74) is 2.73. The van der Waals surface area contributed by atoms with E-state index in [1.165, 1.54) is 35.5 Å². The van der Waals surface area contributed by atoms with Crippen LogP contribution in [-0.4, -0.2) is 29.1 Å². The number of aryl methyl sites for hydroxylation is 1. The lowest BCUT2D eigenvalue weighted by Gasteiger charge is -2.22. The fourth-order valence-corrected chi connectivity index (χ4v) is 3.20. The average molecular weight is 236 g/mol. The summed E-state index contributed by atoms with van der Waals surface area (Å²) in [5.74, 6) is 2.65. The molecule has 88 valence electrons. The third kappa shape index (κ3) is 3.49. The van der Waals surface area contributed by atoms with Gasteiger partial charge in [0.25, 0.3) is 0 Å². The Balaban J connectivity index is 1.73. The Kier molecular flexibility index (Phi) is 4.67. The lowest BCUT2D eigenvalue weighted by atomic mass is 10.1. The highest BCUT2D eigenvalue weighted by atomic mass is 32.2. The second-order valence-electron chi connectivity index (χ2n) is 4.39. The van der Waals surface area contributed by atoms with E-state index in [4.69, 9.17) is 0 Å². The maximum Gasteiger partial charge on any atom is 0.0299 e. The summed E-state index contributed by atoms with van der Waals surface area (Å²) in [5, 5.41) is 3.66. The van der Waals surface area contributed by atoms with Crippen molar-refractivity contribution in [1.82, 2.24) is 10.3 Å². The van der Waals surface area contributed by atoms with Gasteiger partial charge in [0.05, 0.1) is 0 Å². The number of hydrogen-bond acceptors (Lipinski definition) is 3. The molecule has 0 saturated carbocycles. The monoisotopic (exact) mass is 236 g/mol. The van der Waals surface area contributed by atoms with Crippen molar-refractivity contribution in [3.8, 4) is 0 Å². The van der Waals surface area contributed by atoms with E-state index in [2.05, 4.69) is 35.1 Å². The maximum atomic E-state index is 4.12. The van der Waals surface area contributed by atoms with Gasteiger partial charge in [-0.25, -0.2) is 0 Å². The van der Waals surface area contributed by atoms with Crippen molar-refractivity contribution in [3.63, 3.8) is 0 Å². The summed E-state index contributed by atoms with van der Waals surface area (Å²) in [6, 6.07) is 2.89. The Hall–Kier alpha value is -0.540. The first-order valence-corrected chi connectivity index (χ1v) is 7.22. The number of hydrogen-bond donors (Lipinski definition) is 1. The van der Waals surface area contributed by atoms with Gasteiger partial charge < -0.3 is 5.32 Å². The highest BCUT2D eigenvalue weighted by molar-refractivity contribution is 7.99. The Bertz CT molecular complexity index is 321. The number of nitrogens with zero attached hydrogens (tertiary/aromatic N) is 1. The molecule has 1 aliphatic heterocycles. The molecule has 1 aliphatic rings. The molecule has 1 fully saturated rings. The van der Waals surface area contributed by atoms with Crippen molar-refractivity contribution in [2.75, 3.05) is 18.1 Å². The van der Waals surface area contributed by atoms with Crippen LogP contribution in [0.5, 0.6) is 0 Å². The molecular weight excluding hydrogens is 216 g/mol. The van der Waals surface area contributed by atoms with Gasteiger partial charge in [0.1, 0.15) is 0 Å². The lowest BCUT2D eigenvalue weighted by Crippen LogP contribution is -2.34. The van der Waals surface area contributed by atoms with Crippen LogP contribution in [0.3, 0.4) is 0 Å². The Labute approximate surface area is 102 Å². The second-order valence-corrected chi connectivity index (χ2v) is 5.62. The zero-order valence-corrected chi connectivity index (χ0v) is 10.7. The predicted molar refractivity (Wildman–Crippen MR) is 71.0 cm³/mol. The largest absolute Gasteiger partial charge is 0.314 e. The van der Waals surface area contributed by atoms with Crippen LogP contribution in [0.1, 0.15) is 24.0 Å². The smallest absolute Gasteiger partial charge is 0.0299 e. The van der Waals surface area contributed by atoms with Crippen molar-refractivity contribution in [3.05, 3.63) is 29.6 Å². The summed E-state index contributed by atoms with van der Waals surface area (Å²) in [4.78, 5) is 4.12. The van der Waals surface area contributed by atoms with Crippen LogP contribution in [-0.2, 0) is 6.42 Å². The third-order valence-electron chi connectivity index (χ3n) is 3.19. The fourth-order valence-electron chi connectivity index (χ4n) is 2.10. The van der Waals surface area contributed by atoms with Crippen LogP contribution < -0.4 is 5.32 Å². The average Bonchev–Trinajstić information content (AvgIpc) is 2.33. The van der Waals surface area contributed by atoms with Crippen LogP contribution in [0.25, 0.3) is 0 Å². The van der Waals surface area contributed by atoms with Crippen molar-refractivity contribution in [2.24, 2.45) is 0 Å². The molecule has 1 saturated heterocycles. The molecule has 2 rings (SSSR count). The van der Waals surface area contributed by atoms with Crippen molar-refractivity contribution in [2.45, 2.75) is 32.2 Å². The first kappa shape index (κ1) is 11.9. The van der Waals surface area contributed by atoms with Gasteiger partial charge in [-0.3, -0.25) is 4.98 Å². The number of thioether (sulfide) groups is 1. The standard InChI is InChI=1S/C13H20N2S/c1-11-10-14-6-2-12(11)3-7-15-13-4-8-16-9-5-13/h2,6,10,13,15H,3-5,7-9H2,1H3. The van der Waals surface area contributed by atoms with Crippen molar-refractivity contribution < 1.29 is 0 Å². The van der Waals surface area contributed by atoms with Crippen LogP contribution in [0.15, 0.2) is 18.5 Å². The maximum absolute atomic E-state index is 4.12. The fraction of sp³-hybridized carbons (Fsp3) is 0.615. The van der Waals surface area contributed by atoms with E-state index in [0.717, 1.165) is 19.0 Å². The number of pyridine rings is 1. The molecule has 0 aliphatic carbocycles. The Morgan fingerprint density at radius 1 is 1.44 bits per heavy atom. The Morgan fingerprint density at radius 2 is 2.25 bits per heavy atom. The quantitative estimate of drug-likeness (QED) is 0.869. The molecule has 0 atom stereocenters. The Morgan fingerprint density at radius 3 is 3.00 bits per heavy atom. The van der Waals surface area contributed by atoms with E-state index < -0.39 is 0 Å². The molecule has 0 bridgehead atoms. The highest BCUT2D eigenvalue weighted by Crippen LogP contribution is 2.16. The first-order chi connectivity index (χ1) is 7.86. The van der Waals surface area contributed by atoms with Gasteiger partial charge in [0.15, 0.2) is 0 Å². The first-order valence-electron chi connectivity index (χ1n) is 6.07. The molecule has 0 aromatic carbocycles. The van der Waals surface area contributed by atoms with E-state index in [1.54, 1.807) is 0 Å². The van der Waals surface area contributed by atoms with E-state index >= 15 is 0 Å². The summed E-state index contributed by atoms with van der Waals surface area (Å²) in [7, 11) is 0. The van der Waals surface area contributed by atoms with E-state index in [0.29, 0.717) is 0 Å². The summed E-state index contributed by atoms with van der Waals surface area (Å²) >= 11 is 2.08. The topological polar surface area (TPSA) is 24.9 Å². The zero-order chi connectivity index (χ0) is 11.2. The molecule has 0 radical (unpaired) electrons. The van der Waals surface area contributed by atoms with Gasteiger partial charge in [0, 0.05) is 18.4 Å². The lowest BCUT2D eigenvalue weighted by molar-refractivity contribution is 0.486. The van der Waals surface area contributed by atoms with E-state index in [-0.39, 0.29) is 0 Å². The van der Waals surface area contributed by atoms with Crippen LogP contribution in [0, 0.1) is 6.92 Å². The minimum absolute atomic E-state index is 0.753. The SMILES string of the molecule is Cc1cnccc1CCNC1CCSCC1. The minimum Gasteiger partial charge on any atom is -0.314 e.